The molecule has 6 aliphatic rings. The van der Waals surface area contributed by atoms with E-state index in [1.807, 2.05) is 0 Å². The molecule has 30 atom stereocenters. The molecule has 0 aromatic heterocycles. The largest absolute Gasteiger partial charge is 0.503 e. The van der Waals surface area contributed by atoms with Gasteiger partial charge in [-0.05, 0) is 38.8 Å². The molecule has 37 nitrogen and oxygen atoms in total. The second-order valence-electron chi connectivity index (χ2n) is 20.9. The highest BCUT2D eigenvalue weighted by molar-refractivity contribution is 5.81. The number of nitrogens with one attached hydrogen (secondary N) is 2. The number of hydrogen-bond acceptors (Lipinski definition) is 33. The molecule has 4 aliphatic heterocycles. The minimum atomic E-state index is -1.83. The van der Waals surface area contributed by atoms with E-state index in [9.17, 15) is 70.9 Å². The monoisotopic (exact) mass is 1200 g/mol. The van der Waals surface area contributed by atoms with Crippen molar-refractivity contribution in [3.63, 3.8) is 0 Å². The van der Waals surface area contributed by atoms with Gasteiger partial charge in [-0.1, -0.05) is 0 Å². The van der Waals surface area contributed by atoms with Crippen LogP contribution in [0, 0.1) is 0 Å². The Kier molecular flexibility index (Phi) is 29.0. The zero-order chi connectivity index (χ0) is 61.6. The smallest absolute Gasteiger partial charge is 0.450 e. The third-order valence-electron chi connectivity index (χ3n) is 14.9. The molecule has 0 bridgehead atoms. The first-order chi connectivity index (χ1) is 38.6. The summed E-state index contributed by atoms with van der Waals surface area (Å²) in [4.78, 5) is 33.7. The molecule has 480 valence electrons. The highest BCUT2D eigenvalue weighted by Gasteiger charge is 2.53. The molecule has 37 heteroatoms. The van der Waals surface area contributed by atoms with Crippen LogP contribution >= 0.6 is 0 Å². The van der Waals surface area contributed by atoms with Gasteiger partial charge in [-0.3, -0.25) is 9.59 Å². The molecule has 0 aromatic rings. The average Bonchev–Trinajstić information content (AvgIpc) is 3.49. The fourth-order valence-electron chi connectivity index (χ4n) is 10.2. The van der Waals surface area contributed by atoms with E-state index in [0.717, 1.165) is 0 Å². The number of nitrogens with two attached hydrogens (primary N) is 10. The van der Waals surface area contributed by atoms with Crippen LogP contribution in [0.3, 0.4) is 0 Å². The molecule has 2 amide bonds. The van der Waals surface area contributed by atoms with Crippen LogP contribution in [0.1, 0.15) is 38.5 Å². The zero-order valence-electron chi connectivity index (χ0n) is 44.8. The minimum absolute atomic E-state index is 0.00548. The number of aliphatic hydroxyl groups excluding tert-OH is 12. The molecular weight excluding hydrogens is 1110 g/mol. The number of amides is 2. The van der Waals surface area contributed by atoms with Crippen molar-refractivity contribution in [3.05, 3.63) is 0 Å². The van der Waals surface area contributed by atoms with E-state index >= 15 is 0 Å². The van der Waals surface area contributed by atoms with Crippen molar-refractivity contribution in [1.82, 2.24) is 10.6 Å². The number of ether oxygens (including phenoxy) is 8. The maximum absolute atomic E-state index is 12.6. The molecule has 4 saturated heterocycles. The van der Waals surface area contributed by atoms with Gasteiger partial charge in [0.25, 0.3) is 0 Å². The van der Waals surface area contributed by atoms with Crippen LogP contribution in [0.4, 0.5) is 4.79 Å². The van der Waals surface area contributed by atoms with E-state index in [1.54, 1.807) is 0 Å². The molecule has 2 aliphatic carbocycles. The highest BCUT2D eigenvalue weighted by Crippen LogP contribution is 2.34. The Bertz CT molecular complexity index is 1800. The van der Waals surface area contributed by atoms with E-state index in [2.05, 4.69) is 10.6 Å². The van der Waals surface area contributed by atoms with Gasteiger partial charge in [0.15, 0.2) is 25.2 Å². The van der Waals surface area contributed by atoms with Gasteiger partial charge in [0.1, 0.15) is 97.7 Å². The first kappa shape index (κ1) is 71.5. The van der Waals surface area contributed by atoms with Crippen LogP contribution in [0.2, 0.25) is 0 Å². The van der Waals surface area contributed by atoms with Crippen LogP contribution in [-0.4, -0.2) is 312 Å². The first-order valence-corrected chi connectivity index (χ1v) is 26.7. The van der Waals surface area contributed by atoms with Crippen molar-refractivity contribution in [2.75, 3.05) is 39.4 Å². The van der Waals surface area contributed by atoms with Gasteiger partial charge in [0.05, 0.1) is 49.6 Å². The normalized spacial score (nSPS) is 44.1. The van der Waals surface area contributed by atoms with Crippen molar-refractivity contribution in [3.8, 4) is 0 Å². The molecule has 2 saturated carbocycles. The van der Waals surface area contributed by atoms with Gasteiger partial charge in [-0.25, -0.2) is 4.79 Å². The van der Waals surface area contributed by atoms with Crippen molar-refractivity contribution in [2.24, 2.45) is 57.3 Å². The van der Waals surface area contributed by atoms with Gasteiger partial charge in [-0.2, -0.15) is 0 Å². The summed E-state index contributed by atoms with van der Waals surface area (Å²) in [5.41, 5.74) is 58.7. The Morgan fingerprint density at radius 1 is 0.451 bits per heavy atom. The fraction of sp³-hybridized carbons (Fsp3) is 0.933. The van der Waals surface area contributed by atoms with Crippen molar-refractivity contribution in [2.45, 2.75) is 222 Å². The topological polar surface area (TPSA) is 693 Å². The summed E-state index contributed by atoms with van der Waals surface area (Å²) < 4.78 is 46.3. The van der Waals surface area contributed by atoms with Gasteiger partial charge in [0, 0.05) is 50.1 Å². The van der Waals surface area contributed by atoms with E-state index in [1.165, 1.54) is 0 Å². The van der Waals surface area contributed by atoms with Gasteiger partial charge >= 0.3 is 6.16 Å². The molecule has 0 radical (unpaired) electrons. The Morgan fingerprint density at radius 2 is 0.780 bits per heavy atom. The van der Waals surface area contributed by atoms with Crippen molar-refractivity contribution < 1.29 is 124 Å². The molecule has 0 aromatic carbocycles. The van der Waals surface area contributed by atoms with Gasteiger partial charge < -0.3 is 177 Å². The lowest BCUT2D eigenvalue weighted by Gasteiger charge is -2.48. The number of carbonyl (C=O) groups excluding carboxylic acids is 2. The zero-order valence-corrected chi connectivity index (χ0v) is 44.8. The van der Waals surface area contributed by atoms with Crippen LogP contribution in [0.5, 0.6) is 0 Å². The van der Waals surface area contributed by atoms with E-state index in [-0.39, 0.29) is 64.7 Å². The molecule has 4 heterocycles. The highest BCUT2D eigenvalue weighted by atomic mass is 16.7. The minimum Gasteiger partial charge on any atom is -0.450 e. The summed E-state index contributed by atoms with van der Waals surface area (Å²) in [5, 5.41) is 142. The fourth-order valence-corrected chi connectivity index (χ4v) is 10.2. The maximum atomic E-state index is 12.6. The Balaban J connectivity index is 0.000000331. The summed E-state index contributed by atoms with van der Waals surface area (Å²) in [6.07, 6.45) is -29.5. The lowest BCUT2D eigenvalue weighted by atomic mass is 9.83. The molecule has 36 N–H and O–H groups in total. The lowest BCUT2D eigenvalue weighted by molar-refractivity contribution is -0.304. The van der Waals surface area contributed by atoms with Crippen LogP contribution < -0.4 is 68.0 Å². The summed E-state index contributed by atoms with van der Waals surface area (Å²) in [6, 6.07) is -7.79. The second kappa shape index (κ2) is 33.2. The molecule has 30 unspecified atom stereocenters. The number of carboxylic acid groups (broad SMARTS) is 2. The van der Waals surface area contributed by atoms with E-state index < -0.39 is 215 Å². The van der Waals surface area contributed by atoms with Crippen molar-refractivity contribution >= 4 is 18.0 Å². The lowest BCUT2D eigenvalue weighted by Crippen LogP contribution is -2.69. The van der Waals surface area contributed by atoms with Crippen molar-refractivity contribution in [1.29, 1.82) is 0 Å². The summed E-state index contributed by atoms with van der Waals surface area (Å²) in [7, 11) is 0. The average molecular weight is 1200 g/mol. The van der Waals surface area contributed by atoms with E-state index in [0.29, 0.717) is 0 Å². The van der Waals surface area contributed by atoms with Gasteiger partial charge in [-0.15, -0.1) is 0 Å². The molecular formula is C45H90N12O25. The summed E-state index contributed by atoms with van der Waals surface area (Å²) in [6.45, 7) is -1.27. The quantitative estimate of drug-likeness (QED) is 0.0538. The molecule has 6 rings (SSSR count). The standard InChI is InChI=1S/2C22H44N6O11.CH2O3/c2*23-2-1-10(30)21(35)28-9-3-8(26)19(39-22-14(27)17(33)16(32)11(5-24)37-22)18(34)20(9)38-13-4-7(25)15(31)12(6-29)36-13;2-1(3)4/h2*7-20,22,29-34H,1-6,23-27H2,(H,28,35);(H2,2,3,4). The third kappa shape index (κ3) is 18.5. The first-order valence-electron chi connectivity index (χ1n) is 26.7. The van der Waals surface area contributed by atoms with Crippen LogP contribution in [-0.2, 0) is 47.5 Å². The number of hydrogen-bond donors (Lipinski definition) is 26. The Morgan fingerprint density at radius 3 is 1.07 bits per heavy atom. The van der Waals surface area contributed by atoms with Gasteiger partial charge in [0.2, 0.25) is 11.8 Å². The molecule has 82 heavy (non-hydrogen) atoms. The summed E-state index contributed by atoms with van der Waals surface area (Å²) in [5.74, 6) is -1.52. The maximum Gasteiger partial charge on any atom is 0.503 e. The number of aliphatic hydroxyl groups is 12. The number of rotatable bonds is 20. The molecule has 6 fully saturated rings. The van der Waals surface area contributed by atoms with Crippen LogP contribution in [0.25, 0.3) is 0 Å². The Labute approximate surface area is 470 Å². The molecule has 0 spiro atoms. The predicted molar refractivity (Wildman–Crippen MR) is 275 cm³/mol. The number of carbonyl (C=O) groups is 3. The second-order valence-corrected chi connectivity index (χ2v) is 20.9. The van der Waals surface area contributed by atoms with E-state index in [4.69, 9.17) is 110 Å². The summed E-state index contributed by atoms with van der Waals surface area (Å²) >= 11 is 0. The predicted octanol–water partition coefficient (Wildman–Crippen LogP) is -14.6. The Hall–Kier alpha value is -2.99. The van der Waals surface area contributed by atoms with Crippen LogP contribution in [0.15, 0.2) is 0 Å². The third-order valence-corrected chi connectivity index (χ3v) is 14.9. The SMILES string of the molecule is NCCC(O)C(=O)NC1CC(N)C(OC2OC(CN)C(O)C(O)C2N)C(O)C1OC1CC(N)C(O)C(CO)O1.NCCC(O)C(=O)NC1CC(N)C(OC2OC(CN)C(O)C(O)C2N)C(O)C1OC1CC(N)C(O)C(CO)O1.O=C(O)O.